The molecule has 1 aliphatic heterocycles. The Labute approximate surface area is 306 Å². The van der Waals surface area contributed by atoms with E-state index < -0.39 is 0 Å². The van der Waals surface area contributed by atoms with Gasteiger partial charge in [-0.2, -0.15) is 0 Å². The first-order valence-corrected chi connectivity index (χ1v) is 18.7. The second-order valence-electron chi connectivity index (χ2n) is 10.9. The number of aryl methyl sites for hydroxylation is 2. The number of carbonyl (C=O) groups excluding carboxylic acids is 1. The number of carbonyl (C=O) groups is 1. The summed E-state index contributed by atoms with van der Waals surface area (Å²) in [5.74, 6) is 5.03. The number of aromatic hydroxyl groups is 1. The van der Waals surface area contributed by atoms with E-state index in [0.29, 0.717) is 0 Å². The van der Waals surface area contributed by atoms with Crippen LogP contribution < -0.4 is 22.3 Å². The Morgan fingerprint density at radius 2 is 1.64 bits per heavy atom. The molecule has 0 bridgehead atoms. The van der Waals surface area contributed by atoms with Gasteiger partial charge in [0.15, 0.2) is 0 Å². The van der Waals surface area contributed by atoms with Gasteiger partial charge >= 0.3 is 5.97 Å². The molecule has 0 spiro atoms. The summed E-state index contributed by atoms with van der Waals surface area (Å²) in [5, 5.41) is 12.9. The second kappa shape index (κ2) is 34.8. The Balaban J connectivity index is -0.000000270. The van der Waals surface area contributed by atoms with Crippen LogP contribution in [-0.2, 0) is 22.5 Å². The van der Waals surface area contributed by atoms with Crippen molar-refractivity contribution in [3.63, 3.8) is 0 Å². The number of nitrogens with zero attached hydrogens (tertiary/aromatic N) is 3. The molecule has 3 aromatic rings. The maximum Gasteiger partial charge on any atom is 0.303 e. The molecular formula is C39H68N7O3P. The molecule has 0 saturated carbocycles. The van der Waals surface area contributed by atoms with E-state index in [1.807, 2.05) is 67.5 Å². The number of esters is 1. The Kier molecular flexibility index (Phi) is 36.8. The van der Waals surface area contributed by atoms with Crippen LogP contribution in [-0.4, -0.2) is 59.4 Å². The van der Waals surface area contributed by atoms with E-state index in [-0.39, 0.29) is 23.3 Å². The summed E-state index contributed by atoms with van der Waals surface area (Å²) >= 11 is 0. The van der Waals surface area contributed by atoms with E-state index in [1.54, 1.807) is 25.5 Å². The number of hydrazine groups is 1. The molecule has 2 heterocycles. The SMILES string of the molecule is C#C.CC.CC.CC(=O)OC(C)(C)C.CCCPC.CN=CNN.Cc1ccc(-c2cnc(N)nc2)cc1O.Cc1ccc2c(c1)CCNC2. The lowest BCUT2D eigenvalue weighted by atomic mass is 9.99. The van der Waals surface area contributed by atoms with Crippen LogP contribution in [0.3, 0.4) is 0 Å². The maximum absolute atomic E-state index is 10.2. The smallest absolute Gasteiger partial charge is 0.303 e. The van der Waals surface area contributed by atoms with E-state index in [4.69, 9.17) is 16.3 Å². The molecule has 0 aliphatic carbocycles. The van der Waals surface area contributed by atoms with Crippen LogP contribution in [0.25, 0.3) is 11.1 Å². The molecule has 0 amide bonds. The molecule has 50 heavy (non-hydrogen) atoms. The van der Waals surface area contributed by atoms with Gasteiger partial charge in [0.1, 0.15) is 11.4 Å². The minimum atomic E-state index is -0.328. The number of anilines is 1. The van der Waals surface area contributed by atoms with Gasteiger partial charge in [0.05, 0.1) is 6.34 Å². The Morgan fingerprint density at radius 1 is 1.06 bits per heavy atom. The van der Waals surface area contributed by atoms with Crippen LogP contribution >= 0.6 is 8.58 Å². The predicted molar refractivity (Wildman–Crippen MR) is 220 cm³/mol. The van der Waals surface area contributed by atoms with Gasteiger partial charge in [-0.3, -0.25) is 9.79 Å². The Morgan fingerprint density at radius 3 is 2.02 bits per heavy atom. The summed E-state index contributed by atoms with van der Waals surface area (Å²) in [6, 6.07) is 12.2. The van der Waals surface area contributed by atoms with Crippen molar-refractivity contribution in [1.29, 1.82) is 0 Å². The van der Waals surface area contributed by atoms with Crippen molar-refractivity contribution < 1.29 is 14.6 Å². The lowest BCUT2D eigenvalue weighted by Gasteiger charge is -2.17. The molecule has 11 heteroatoms. The van der Waals surface area contributed by atoms with Crippen molar-refractivity contribution in [1.82, 2.24) is 20.7 Å². The number of terminal acetylenes is 1. The zero-order chi connectivity index (χ0) is 39.5. The van der Waals surface area contributed by atoms with E-state index in [0.717, 1.165) is 38.4 Å². The third kappa shape index (κ3) is 30.1. The maximum atomic E-state index is 10.2. The van der Waals surface area contributed by atoms with E-state index in [2.05, 4.69) is 77.3 Å². The van der Waals surface area contributed by atoms with Crippen molar-refractivity contribution in [3.05, 3.63) is 71.0 Å². The predicted octanol–water partition coefficient (Wildman–Crippen LogP) is 7.84. The van der Waals surface area contributed by atoms with Gasteiger partial charge in [-0.1, -0.05) is 76.9 Å². The van der Waals surface area contributed by atoms with Gasteiger partial charge in [-0.25, -0.2) is 15.8 Å². The summed E-state index contributed by atoms with van der Waals surface area (Å²) in [6.45, 7) is 25.6. The minimum absolute atomic E-state index is 0.225. The molecule has 1 unspecified atom stereocenters. The summed E-state index contributed by atoms with van der Waals surface area (Å²) in [7, 11) is 2.80. The number of hydrogen-bond donors (Lipinski definition) is 5. The van der Waals surface area contributed by atoms with Gasteiger partial charge in [0.2, 0.25) is 5.95 Å². The molecule has 10 nitrogen and oxygen atoms in total. The van der Waals surface area contributed by atoms with E-state index >= 15 is 0 Å². The van der Waals surface area contributed by atoms with Crippen molar-refractivity contribution in [3.8, 4) is 29.7 Å². The van der Waals surface area contributed by atoms with Crippen molar-refractivity contribution in [2.75, 3.05) is 32.2 Å². The standard InChI is InChI=1S/C11H11N3O.C10H13N.C6H12O2.C4H11P.C2H7N3.2C2H6.C2H2/c1-7-2-3-8(4-10(7)15)9-5-13-11(12)14-6-9;1-8-2-3-10-7-11-5-4-9(10)6-8;1-5(7)8-6(2,3)4;1-3-4-5-2;1-4-2-5-3;3*1-2/h2-6,15H,1H3,(H2,12,13,14);2-3,6,11H,4-5,7H2,1H3;1-4H3;5H,3-4H2,1-2H3;2H,3H2,1H3,(H,4,5);2*1-2H3;1-2H. The number of nitrogens with two attached hydrogens (primary N) is 2. The highest BCUT2D eigenvalue weighted by atomic mass is 31.1. The number of phenolic OH excluding ortho intramolecular Hbond substituents is 1. The number of rotatable bonds is 4. The molecule has 0 fully saturated rings. The van der Waals surface area contributed by atoms with E-state index in [9.17, 15) is 9.90 Å². The highest BCUT2D eigenvalue weighted by Crippen LogP contribution is 2.25. The lowest BCUT2D eigenvalue weighted by molar-refractivity contribution is -0.151. The van der Waals surface area contributed by atoms with Crippen LogP contribution in [0.15, 0.2) is 53.8 Å². The highest BCUT2D eigenvalue weighted by molar-refractivity contribution is 7.36. The molecule has 0 radical (unpaired) electrons. The molecule has 7 N–H and O–H groups in total. The quantitative estimate of drug-likeness (QED) is 0.0345. The number of nitrogens with one attached hydrogen (secondary N) is 2. The minimum Gasteiger partial charge on any atom is -0.508 e. The fourth-order valence-electron chi connectivity index (χ4n) is 3.64. The highest BCUT2D eigenvalue weighted by Gasteiger charge is 2.11. The topological polar surface area (TPSA) is 161 Å². The second-order valence-corrected chi connectivity index (χ2v) is 12.1. The fraction of sp³-hybridized carbons (Fsp3) is 0.487. The van der Waals surface area contributed by atoms with Gasteiger partial charge in [0.25, 0.3) is 0 Å². The molecule has 282 valence electrons. The third-order valence-corrected chi connectivity index (χ3v) is 6.62. The number of nitrogen functional groups attached to an aromatic ring is 1. The first kappa shape index (κ1) is 52.8. The first-order valence-electron chi connectivity index (χ1n) is 17.0. The number of ether oxygens (including phenoxy) is 1. The van der Waals surface area contributed by atoms with Crippen LogP contribution in [0, 0.1) is 26.7 Å². The first-order chi connectivity index (χ1) is 23.8. The van der Waals surface area contributed by atoms with Gasteiger partial charge in [0, 0.05) is 38.5 Å². The van der Waals surface area contributed by atoms with Crippen molar-refractivity contribution in [2.24, 2.45) is 10.8 Å². The summed E-state index contributed by atoms with van der Waals surface area (Å²) in [4.78, 5) is 21.5. The zero-order valence-electron chi connectivity index (χ0n) is 33.1. The van der Waals surface area contributed by atoms with Crippen LogP contribution in [0.5, 0.6) is 5.75 Å². The Hall–Kier alpha value is -4.03. The molecule has 1 aromatic heterocycles. The van der Waals surface area contributed by atoms with Crippen LogP contribution in [0.4, 0.5) is 5.95 Å². The van der Waals surface area contributed by atoms with Crippen molar-refractivity contribution in [2.45, 2.75) is 101 Å². The van der Waals surface area contributed by atoms with E-state index in [1.165, 1.54) is 49.0 Å². The normalized spacial score (nSPS) is 10.6. The number of benzene rings is 2. The summed E-state index contributed by atoms with van der Waals surface area (Å²) in [5.41, 5.74) is 14.2. The number of aliphatic imine (C=N–C) groups is 1. The zero-order valence-corrected chi connectivity index (χ0v) is 34.1. The average molecular weight is 714 g/mol. The van der Waals surface area contributed by atoms with Gasteiger partial charge in [-0.15, -0.1) is 21.4 Å². The molecule has 4 rings (SSSR count). The molecule has 1 atom stereocenters. The van der Waals surface area contributed by atoms with Gasteiger partial charge < -0.3 is 26.3 Å². The van der Waals surface area contributed by atoms with Gasteiger partial charge in [-0.05, 0) is 88.7 Å². The molecule has 1 aliphatic rings. The average Bonchev–Trinajstić information content (AvgIpc) is 3.10. The monoisotopic (exact) mass is 714 g/mol. The van der Waals surface area contributed by atoms with Crippen LogP contribution in [0.1, 0.15) is 91.0 Å². The Bertz CT molecular complexity index is 1290. The largest absolute Gasteiger partial charge is 0.508 e. The molecular weight excluding hydrogens is 645 g/mol. The van der Waals surface area contributed by atoms with Crippen LogP contribution in [0.2, 0.25) is 0 Å². The summed E-state index contributed by atoms with van der Waals surface area (Å²) in [6.07, 6.45) is 16.6. The number of phenols is 1. The lowest BCUT2D eigenvalue weighted by Crippen LogP contribution is -2.23. The number of fused-ring (bicyclic) bond motifs is 1. The van der Waals surface area contributed by atoms with Crippen molar-refractivity contribution >= 4 is 26.8 Å². The fourth-order valence-corrected chi connectivity index (χ4v) is 4.14. The number of hydrogen-bond acceptors (Lipinski definition) is 9. The third-order valence-electron chi connectivity index (χ3n) is 5.62. The molecule has 2 aromatic carbocycles. The summed E-state index contributed by atoms with van der Waals surface area (Å²) < 4.78 is 4.80. The number of aromatic nitrogens is 2. The molecule has 0 saturated heterocycles.